The van der Waals surface area contributed by atoms with Crippen molar-refractivity contribution in [2.45, 2.75) is 72.8 Å². The van der Waals surface area contributed by atoms with Crippen molar-refractivity contribution in [3.05, 3.63) is 59.6 Å². The monoisotopic (exact) mass is 434 g/mol. The number of rotatable bonds is 2. The van der Waals surface area contributed by atoms with Crippen LogP contribution < -0.4 is 0 Å². The van der Waals surface area contributed by atoms with E-state index in [0.29, 0.717) is 5.92 Å². The highest BCUT2D eigenvalue weighted by atomic mass is 16.5. The molecule has 0 saturated heterocycles. The first-order chi connectivity index (χ1) is 15.0. The van der Waals surface area contributed by atoms with Crippen molar-refractivity contribution in [1.29, 1.82) is 0 Å². The van der Waals surface area contributed by atoms with Gasteiger partial charge in [0, 0.05) is 23.2 Å². The number of carbonyl (C=O) groups excluding carboxylic acids is 2. The number of ether oxygens (including phenoxy) is 1. The molecule has 170 valence electrons. The van der Waals surface area contributed by atoms with Crippen LogP contribution in [0.25, 0.3) is 0 Å². The molecule has 1 heterocycles. The van der Waals surface area contributed by atoms with E-state index in [1.54, 1.807) is 12.3 Å². The van der Waals surface area contributed by atoms with E-state index >= 15 is 0 Å². The summed E-state index contributed by atoms with van der Waals surface area (Å²) < 4.78 is 11.5. The molecule has 0 amide bonds. The lowest BCUT2D eigenvalue weighted by atomic mass is 9.41. The van der Waals surface area contributed by atoms with Crippen LogP contribution in [0.4, 0.5) is 0 Å². The maximum Gasteiger partial charge on any atom is 0.303 e. The van der Waals surface area contributed by atoms with Crippen LogP contribution in [0, 0.1) is 27.6 Å². The standard InChI is InChI=1S/C28H34O4/c1-17(29)32-24-15-22-25(2,3)23(30)10-13-27(22,5)21-9-12-26(4)19(18-11-14-31-16-18)7-8-20(26)28(21,24)6/h8,10-11,13-16,19,21,24H,7,9,12H2,1-6H3. The van der Waals surface area contributed by atoms with Gasteiger partial charge in [-0.15, -0.1) is 0 Å². The fourth-order valence-corrected chi connectivity index (χ4v) is 7.95. The minimum absolute atomic E-state index is 0.0149. The van der Waals surface area contributed by atoms with Gasteiger partial charge in [0.05, 0.1) is 12.5 Å². The Bertz CT molecular complexity index is 1070. The highest BCUT2D eigenvalue weighted by molar-refractivity contribution is 5.98. The molecule has 6 unspecified atom stereocenters. The molecule has 4 aliphatic rings. The summed E-state index contributed by atoms with van der Waals surface area (Å²) in [4.78, 5) is 25.1. The van der Waals surface area contributed by atoms with Crippen LogP contribution in [0.3, 0.4) is 0 Å². The predicted molar refractivity (Wildman–Crippen MR) is 123 cm³/mol. The molecule has 1 fully saturated rings. The minimum atomic E-state index is -0.604. The Hall–Kier alpha value is -2.36. The molecule has 4 aliphatic carbocycles. The van der Waals surface area contributed by atoms with E-state index in [-0.39, 0.29) is 40.0 Å². The molecule has 6 atom stereocenters. The third kappa shape index (κ3) is 2.55. The van der Waals surface area contributed by atoms with Crippen molar-refractivity contribution in [3.63, 3.8) is 0 Å². The smallest absolute Gasteiger partial charge is 0.303 e. The number of esters is 1. The summed E-state index contributed by atoms with van der Waals surface area (Å²) in [6, 6.07) is 2.09. The van der Waals surface area contributed by atoms with Crippen LogP contribution >= 0.6 is 0 Å². The van der Waals surface area contributed by atoms with Crippen molar-refractivity contribution >= 4 is 11.8 Å². The van der Waals surface area contributed by atoms with Crippen molar-refractivity contribution in [2.75, 3.05) is 0 Å². The van der Waals surface area contributed by atoms with Crippen LogP contribution in [0.15, 0.2) is 58.5 Å². The summed E-state index contributed by atoms with van der Waals surface area (Å²) >= 11 is 0. The van der Waals surface area contributed by atoms with Crippen LogP contribution in [0.5, 0.6) is 0 Å². The molecule has 4 nitrogen and oxygen atoms in total. The topological polar surface area (TPSA) is 56.5 Å². The van der Waals surface area contributed by atoms with Crippen LogP contribution in [0.2, 0.25) is 0 Å². The molecular weight excluding hydrogens is 400 g/mol. The van der Waals surface area contributed by atoms with Gasteiger partial charge in [0.25, 0.3) is 0 Å². The van der Waals surface area contributed by atoms with Crippen molar-refractivity contribution in [2.24, 2.45) is 27.6 Å². The predicted octanol–water partition coefficient (Wildman–Crippen LogP) is 6.16. The van der Waals surface area contributed by atoms with E-state index < -0.39 is 5.41 Å². The van der Waals surface area contributed by atoms with Gasteiger partial charge in [-0.25, -0.2) is 0 Å². The van der Waals surface area contributed by atoms with Gasteiger partial charge in [-0.05, 0) is 79.7 Å². The number of hydrogen-bond donors (Lipinski definition) is 0. The van der Waals surface area contributed by atoms with Crippen LogP contribution in [-0.2, 0) is 14.3 Å². The van der Waals surface area contributed by atoms with E-state index in [1.807, 2.05) is 20.1 Å². The second kappa shape index (κ2) is 6.59. The molecular formula is C28H34O4. The zero-order valence-corrected chi connectivity index (χ0v) is 20.0. The summed E-state index contributed by atoms with van der Waals surface area (Å²) in [6.07, 6.45) is 14.7. The summed E-state index contributed by atoms with van der Waals surface area (Å²) in [7, 11) is 0. The number of carbonyl (C=O) groups is 2. The highest BCUT2D eigenvalue weighted by Crippen LogP contribution is 2.71. The zero-order valence-electron chi connectivity index (χ0n) is 20.0. The third-order valence-corrected chi connectivity index (χ3v) is 9.52. The lowest BCUT2D eigenvalue weighted by molar-refractivity contribution is -0.155. The molecule has 1 aromatic heterocycles. The van der Waals surface area contributed by atoms with Gasteiger partial charge in [0.2, 0.25) is 0 Å². The van der Waals surface area contributed by atoms with Gasteiger partial charge in [-0.1, -0.05) is 38.5 Å². The molecule has 0 radical (unpaired) electrons. The number of fused-ring (bicyclic) bond motifs is 5. The van der Waals surface area contributed by atoms with Gasteiger partial charge >= 0.3 is 5.97 Å². The van der Waals surface area contributed by atoms with E-state index in [2.05, 4.69) is 45.1 Å². The second-order valence-electron chi connectivity index (χ2n) is 11.5. The summed E-state index contributed by atoms with van der Waals surface area (Å²) in [6.45, 7) is 12.5. The summed E-state index contributed by atoms with van der Waals surface area (Å²) in [5.74, 6) is 0.450. The lowest BCUT2D eigenvalue weighted by Crippen LogP contribution is -2.59. The van der Waals surface area contributed by atoms with Gasteiger partial charge in [-0.3, -0.25) is 9.59 Å². The first kappa shape index (κ1) is 21.5. The quantitative estimate of drug-likeness (QED) is 0.413. The second-order valence-corrected chi connectivity index (χ2v) is 11.5. The van der Waals surface area contributed by atoms with E-state index in [9.17, 15) is 9.59 Å². The van der Waals surface area contributed by atoms with E-state index in [1.165, 1.54) is 18.1 Å². The third-order valence-electron chi connectivity index (χ3n) is 9.52. The molecule has 5 rings (SSSR count). The molecule has 0 aliphatic heterocycles. The van der Waals surface area contributed by atoms with Crippen molar-refractivity contribution < 1.29 is 18.7 Å². The van der Waals surface area contributed by atoms with Gasteiger partial charge < -0.3 is 9.15 Å². The number of ketones is 1. The Morgan fingerprint density at radius 2 is 1.91 bits per heavy atom. The Morgan fingerprint density at radius 3 is 2.56 bits per heavy atom. The first-order valence-electron chi connectivity index (χ1n) is 11.8. The number of hydrogen-bond acceptors (Lipinski definition) is 4. The summed E-state index contributed by atoms with van der Waals surface area (Å²) in [5, 5.41) is 0. The number of allylic oxidation sites excluding steroid dienone is 4. The average Bonchev–Trinajstić information content (AvgIpc) is 3.34. The lowest BCUT2D eigenvalue weighted by Gasteiger charge is -2.63. The minimum Gasteiger partial charge on any atom is -0.472 e. The molecule has 1 saturated carbocycles. The maximum atomic E-state index is 12.8. The first-order valence-corrected chi connectivity index (χ1v) is 11.8. The van der Waals surface area contributed by atoms with E-state index in [4.69, 9.17) is 9.15 Å². The largest absolute Gasteiger partial charge is 0.472 e. The Morgan fingerprint density at radius 1 is 1.16 bits per heavy atom. The van der Waals surface area contributed by atoms with Crippen molar-refractivity contribution in [1.82, 2.24) is 0 Å². The molecule has 0 spiro atoms. The fraction of sp³-hybridized carbons (Fsp3) is 0.571. The maximum absolute atomic E-state index is 12.8. The molecule has 32 heavy (non-hydrogen) atoms. The SMILES string of the molecule is CC(=O)OC1C=C2C(C)(C)C(=O)C=CC2(C)C2CCC3(C)C(=CCC3c3ccoc3)C12C. The van der Waals surface area contributed by atoms with Gasteiger partial charge in [-0.2, -0.15) is 0 Å². The number of furan rings is 1. The van der Waals surface area contributed by atoms with Crippen molar-refractivity contribution in [3.8, 4) is 0 Å². The molecule has 0 aromatic carbocycles. The van der Waals surface area contributed by atoms with E-state index in [0.717, 1.165) is 24.8 Å². The Labute approximate surface area is 190 Å². The summed E-state index contributed by atoms with van der Waals surface area (Å²) in [5.41, 5.74) is 2.53. The molecule has 0 bridgehead atoms. The molecule has 4 heteroatoms. The zero-order chi connectivity index (χ0) is 23.1. The Kier molecular flexibility index (Phi) is 4.42. The highest BCUT2D eigenvalue weighted by Gasteiger charge is 2.65. The molecule has 1 aromatic rings. The van der Waals surface area contributed by atoms with Gasteiger partial charge in [0.1, 0.15) is 6.10 Å². The van der Waals surface area contributed by atoms with Crippen LogP contribution in [-0.4, -0.2) is 17.9 Å². The fourth-order valence-electron chi connectivity index (χ4n) is 7.95. The van der Waals surface area contributed by atoms with Gasteiger partial charge in [0.15, 0.2) is 5.78 Å². The van der Waals surface area contributed by atoms with Crippen LogP contribution in [0.1, 0.15) is 72.3 Å². The average molecular weight is 435 g/mol. The Balaban J connectivity index is 1.69. The normalized spacial score (nSPS) is 41.8. The molecule has 0 N–H and O–H groups in total.